The highest BCUT2D eigenvalue weighted by Crippen LogP contribution is 2.13. The lowest BCUT2D eigenvalue weighted by Crippen LogP contribution is -2.35. The van der Waals surface area contributed by atoms with E-state index in [0.29, 0.717) is 12.5 Å². The van der Waals surface area contributed by atoms with Crippen LogP contribution in [0.4, 0.5) is 14.6 Å². The van der Waals surface area contributed by atoms with Crippen LogP contribution in [0.5, 0.6) is 5.88 Å². The van der Waals surface area contributed by atoms with Gasteiger partial charge in [-0.3, -0.25) is 4.98 Å². The highest BCUT2D eigenvalue weighted by Gasteiger charge is 2.26. The third-order valence-electron chi connectivity index (χ3n) is 1.73. The third-order valence-corrected chi connectivity index (χ3v) is 1.73. The van der Waals surface area contributed by atoms with Crippen molar-refractivity contribution < 1.29 is 13.5 Å². The van der Waals surface area contributed by atoms with Crippen LogP contribution in [-0.4, -0.2) is 35.6 Å². The van der Waals surface area contributed by atoms with Gasteiger partial charge in [-0.15, -0.1) is 0 Å². The molecular formula is C9H14F2N4O. The molecule has 5 nitrogen and oxygen atoms in total. The molecule has 0 aromatic carbocycles. The molecule has 0 amide bonds. The zero-order valence-electron chi connectivity index (χ0n) is 8.91. The molecule has 0 aliphatic heterocycles. The first-order chi connectivity index (χ1) is 7.57. The van der Waals surface area contributed by atoms with Gasteiger partial charge in [0, 0.05) is 0 Å². The number of hydrogen-bond acceptors (Lipinski definition) is 5. The zero-order chi connectivity index (χ0) is 12.0. The molecule has 1 heterocycles. The molecule has 1 aromatic heterocycles. The highest BCUT2D eigenvalue weighted by molar-refractivity contribution is 5.33. The first-order valence-electron chi connectivity index (χ1n) is 4.84. The van der Waals surface area contributed by atoms with Gasteiger partial charge in [0.1, 0.15) is 5.82 Å². The van der Waals surface area contributed by atoms with Gasteiger partial charge in [0.25, 0.3) is 5.92 Å². The molecule has 90 valence electrons. The molecule has 3 N–H and O–H groups in total. The van der Waals surface area contributed by atoms with Gasteiger partial charge in [-0.1, -0.05) is 0 Å². The summed E-state index contributed by atoms with van der Waals surface area (Å²) in [6.07, 6.45) is 2.75. The maximum absolute atomic E-state index is 12.8. The molecule has 0 fully saturated rings. The minimum atomic E-state index is -2.96. The normalized spacial score (nSPS) is 11.2. The molecule has 0 spiro atoms. The van der Waals surface area contributed by atoms with Crippen LogP contribution in [-0.2, 0) is 0 Å². The molecule has 0 atom stereocenters. The lowest BCUT2D eigenvalue weighted by molar-refractivity contribution is 0.0253. The van der Waals surface area contributed by atoms with Crippen LogP contribution in [0.2, 0.25) is 0 Å². The van der Waals surface area contributed by atoms with Gasteiger partial charge in [-0.25, -0.2) is 8.78 Å². The molecule has 0 bridgehead atoms. The Morgan fingerprint density at radius 1 is 1.50 bits per heavy atom. The maximum Gasteiger partial charge on any atom is 0.276 e. The minimum absolute atomic E-state index is 0.235. The average Bonchev–Trinajstić information content (AvgIpc) is 2.28. The fraction of sp³-hybridized carbons (Fsp3) is 0.556. The van der Waals surface area contributed by atoms with Crippen LogP contribution in [0.25, 0.3) is 0 Å². The number of rotatable bonds is 6. The van der Waals surface area contributed by atoms with Crippen LogP contribution in [0.1, 0.15) is 6.92 Å². The van der Waals surface area contributed by atoms with E-state index in [2.05, 4.69) is 15.3 Å². The quantitative estimate of drug-likeness (QED) is 0.761. The van der Waals surface area contributed by atoms with Crippen molar-refractivity contribution in [2.75, 3.05) is 25.0 Å². The van der Waals surface area contributed by atoms with Gasteiger partial charge >= 0.3 is 0 Å². The fourth-order valence-electron chi connectivity index (χ4n) is 0.943. The van der Waals surface area contributed by atoms with E-state index in [9.17, 15) is 8.78 Å². The van der Waals surface area contributed by atoms with E-state index in [4.69, 9.17) is 10.5 Å². The topological polar surface area (TPSA) is 73.1 Å². The van der Waals surface area contributed by atoms with E-state index < -0.39 is 19.0 Å². The second-order valence-electron chi connectivity index (χ2n) is 3.09. The number of nitrogens with zero attached hydrogens (tertiary/aromatic N) is 2. The van der Waals surface area contributed by atoms with Crippen molar-refractivity contribution in [3.05, 3.63) is 12.4 Å². The first kappa shape index (κ1) is 12.6. The van der Waals surface area contributed by atoms with Crippen molar-refractivity contribution >= 4 is 5.82 Å². The lowest BCUT2D eigenvalue weighted by atomic mass is 10.3. The van der Waals surface area contributed by atoms with E-state index in [1.165, 1.54) is 12.4 Å². The van der Waals surface area contributed by atoms with Crippen molar-refractivity contribution in [2.45, 2.75) is 12.8 Å². The largest absolute Gasteiger partial charge is 0.477 e. The summed E-state index contributed by atoms with van der Waals surface area (Å²) in [6.45, 7) is 0.952. The number of nitrogens with two attached hydrogens (primary N) is 1. The zero-order valence-corrected chi connectivity index (χ0v) is 8.91. The van der Waals surface area contributed by atoms with E-state index in [1.807, 2.05) is 0 Å². The first-order valence-corrected chi connectivity index (χ1v) is 4.84. The molecule has 1 rings (SSSR count). The van der Waals surface area contributed by atoms with Crippen molar-refractivity contribution in [1.82, 2.24) is 9.97 Å². The van der Waals surface area contributed by atoms with Gasteiger partial charge in [0.05, 0.1) is 32.1 Å². The van der Waals surface area contributed by atoms with E-state index >= 15 is 0 Å². The summed E-state index contributed by atoms with van der Waals surface area (Å²) in [5, 5.41) is 2.45. The predicted molar refractivity (Wildman–Crippen MR) is 55.7 cm³/mol. The van der Waals surface area contributed by atoms with Crippen LogP contribution in [0, 0.1) is 0 Å². The Morgan fingerprint density at radius 3 is 2.88 bits per heavy atom. The van der Waals surface area contributed by atoms with Crippen molar-refractivity contribution in [1.29, 1.82) is 0 Å². The Hall–Kier alpha value is -1.50. The van der Waals surface area contributed by atoms with Crippen molar-refractivity contribution in [2.24, 2.45) is 5.73 Å². The van der Waals surface area contributed by atoms with E-state index in [1.54, 1.807) is 6.92 Å². The van der Waals surface area contributed by atoms with Gasteiger partial charge in [-0.05, 0) is 6.92 Å². The molecule has 0 radical (unpaired) electrons. The van der Waals surface area contributed by atoms with Crippen LogP contribution in [0.15, 0.2) is 12.4 Å². The summed E-state index contributed by atoms with van der Waals surface area (Å²) in [4.78, 5) is 7.73. The van der Waals surface area contributed by atoms with Crippen LogP contribution < -0.4 is 15.8 Å². The summed E-state index contributed by atoms with van der Waals surface area (Å²) in [5.41, 5.74) is 4.90. The Morgan fingerprint density at radius 2 is 2.25 bits per heavy atom. The molecular weight excluding hydrogens is 218 g/mol. The van der Waals surface area contributed by atoms with Gasteiger partial charge in [-0.2, -0.15) is 4.98 Å². The summed E-state index contributed by atoms with van der Waals surface area (Å²) in [7, 11) is 0. The third kappa shape index (κ3) is 3.93. The Labute approximate surface area is 92.0 Å². The summed E-state index contributed by atoms with van der Waals surface area (Å²) in [6, 6.07) is 0. The molecule has 0 saturated carbocycles. The maximum atomic E-state index is 12.8. The fourth-order valence-corrected chi connectivity index (χ4v) is 0.943. The molecule has 16 heavy (non-hydrogen) atoms. The lowest BCUT2D eigenvalue weighted by Gasteiger charge is -2.14. The number of nitrogens with one attached hydrogen (secondary N) is 1. The predicted octanol–water partition coefficient (Wildman–Crippen LogP) is 0.881. The molecule has 1 aromatic rings. The number of aromatic nitrogens is 2. The SMILES string of the molecule is CCOc1cncc(NCC(F)(F)CN)n1. The van der Waals surface area contributed by atoms with Crippen molar-refractivity contribution in [3.63, 3.8) is 0 Å². The second-order valence-corrected chi connectivity index (χ2v) is 3.09. The smallest absolute Gasteiger partial charge is 0.276 e. The summed E-state index contributed by atoms with van der Waals surface area (Å²) in [5.74, 6) is -2.42. The summed E-state index contributed by atoms with van der Waals surface area (Å²) < 4.78 is 30.7. The van der Waals surface area contributed by atoms with E-state index in [0.717, 1.165) is 0 Å². The number of halogens is 2. The van der Waals surface area contributed by atoms with Gasteiger partial charge < -0.3 is 15.8 Å². The van der Waals surface area contributed by atoms with Gasteiger partial charge in [0.2, 0.25) is 5.88 Å². The molecule has 7 heteroatoms. The Balaban J connectivity index is 2.57. The molecule has 0 aliphatic carbocycles. The van der Waals surface area contributed by atoms with Crippen LogP contribution >= 0.6 is 0 Å². The average molecular weight is 232 g/mol. The number of anilines is 1. The number of hydrogen-bond donors (Lipinski definition) is 2. The minimum Gasteiger partial charge on any atom is -0.477 e. The van der Waals surface area contributed by atoms with Gasteiger partial charge in [0.15, 0.2) is 0 Å². The standard InChI is InChI=1S/C9H14F2N4O/c1-2-16-8-4-13-3-7(15-8)14-6-9(10,11)5-12/h3-4H,2,5-6,12H2,1H3,(H,14,15). The number of alkyl halides is 2. The number of ether oxygens (including phenoxy) is 1. The molecule has 0 aliphatic rings. The second kappa shape index (κ2) is 5.55. The monoisotopic (exact) mass is 232 g/mol. The summed E-state index contributed by atoms with van der Waals surface area (Å²) >= 11 is 0. The Bertz CT molecular complexity index is 335. The van der Waals surface area contributed by atoms with Crippen molar-refractivity contribution in [3.8, 4) is 5.88 Å². The Kier molecular flexibility index (Phi) is 4.36. The van der Waals surface area contributed by atoms with E-state index in [-0.39, 0.29) is 5.82 Å². The highest BCUT2D eigenvalue weighted by atomic mass is 19.3. The van der Waals surface area contributed by atoms with Crippen LogP contribution in [0.3, 0.4) is 0 Å². The molecule has 0 unspecified atom stereocenters. The molecule has 0 saturated heterocycles.